The molecule has 0 saturated carbocycles. The third-order valence-electron chi connectivity index (χ3n) is 3.83. The van der Waals surface area contributed by atoms with E-state index >= 15 is 0 Å². The van der Waals surface area contributed by atoms with Crippen molar-refractivity contribution < 1.29 is 13.2 Å². The molecule has 0 radical (unpaired) electrons. The number of hydrogen-bond acceptors (Lipinski definition) is 5. The van der Waals surface area contributed by atoms with E-state index in [4.69, 9.17) is 21.5 Å². The Bertz CT molecular complexity index is 1130. The van der Waals surface area contributed by atoms with Crippen molar-refractivity contribution in [2.75, 3.05) is 6.61 Å². The van der Waals surface area contributed by atoms with E-state index in [9.17, 15) is 8.42 Å². The Kier molecular flexibility index (Phi) is 5.71. The van der Waals surface area contributed by atoms with E-state index in [1.807, 2.05) is 48.2 Å². The summed E-state index contributed by atoms with van der Waals surface area (Å²) in [5.41, 5.74) is 2.30. The van der Waals surface area contributed by atoms with Gasteiger partial charge in [0.15, 0.2) is 4.80 Å². The molecule has 0 aliphatic heterocycles. The summed E-state index contributed by atoms with van der Waals surface area (Å²) < 4.78 is 30.7. The second-order valence-corrected chi connectivity index (χ2v) is 8.47. The van der Waals surface area contributed by atoms with E-state index < -0.39 is 10.0 Å². The topological polar surface area (TPSA) is 86.7 Å². The minimum Gasteiger partial charge on any atom is -0.494 e. The fourth-order valence-corrected chi connectivity index (χ4v) is 4.50. The van der Waals surface area contributed by atoms with Crippen molar-refractivity contribution in [1.29, 1.82) is 0 Å². The molecule has 1 aromatic heterocycles. The fraction of sp³-hybridized carbons (Fsp3) is 0.167. The van der Waals surface area contributed by atoms with Crippen molar-refractivity contribution in [3.05, 3.63) is 57.7 Å². The predicted molar refractivity (Wildman–Crippen MR) is 108 cm³/mol. The minimum atomic E-state index is -3.90. The van der Waals surface area contributed by atoms with Crippen molar-refractivity contribution in [3.8, 4) is 17.0 Å². The van der Waals surface area contributed by atoms with Crippen LogP contribution in [0, 0.1) is 0 Å². The lowest BCUT2D eigenvalue weighted by atomic mass is 10.2. The Morgan fingerprint density at radius 2 is 1.93 bits per heavy atom. The number of sulfonamides is 1. The molecule has 3 aromatic rings. The first-order valence-corrected chi connectivity index (χ1v) is 10.8. The van der Waals surface area contributed by atoms with E-state index in [1.54, 1.807) is 6.07 Å². The van der Waals surface area contributed by atoms with Crippen molar-refractivity contribution >= 4 is 38.6 Å². The molecule has 0 atom stereocenters. The van der Waals surface area contributed by atoms with E-state index in [0.717, 1.165) is 21.9 Å². The van der Waals surface area contributed by atoms with E-state index in [2.05, 4.69) is 4.99 Å². The zero-order valence-corrected chi connectivity index (χ0v) is 17.1. The molecule has 0 fully saturated rings. The van der Waals surface area contributed by atoms with E-state index in [0.29, 0.717) is 12.2 Å². The first-order valence-electron chi connectivity index (χ1n) is 8.04. The number of thiazole rings is 1. The monoisotopic (exact) mass is 423 g/mol. The van der Waals surface area contributed by atoms with Gasteiger partial charge in [0, 0.05) is 18.0 Å². The molecule has 0 amide bonds. The first kappa shape index (κ1) is 19.6. The maximum atomic E-state index is 11.7. The fourth-order valence-electron chi connectivity index (χ4n) is 2.51. The van der Waals surface area contributed by atoms with Crippen LogP contribution in [0.25, 0.3) is 11.3 Å². The van der Waals surface area contributed by atoms with Gasteiger partial charge in [-0.1, -0.05) is 17.7 Å². The molecule has 3 rings (SSSR count). The highest BCUT2D eigenvalue weighted by Crippen LogP contribution is 2.28. The number of primary sulfonamides is 1. The Balaban J connectivity index is 2.01. The van der Waals surface area contributed by atoms with Gasteiger partial charge < -0.3 is 9.30 Å². The van der Waals surface area contributed by atoms with Gasteiger partial charge in [-0.15, -0.1) is 11.3 Å². The summed E-state index contributed by atoms with van der Waals surface area (Å²) in [5, 5.41) is 7.24. The first-order chi connectivity index (χ1) is 12.8. The Labute approximate surface area is 166 Å². The zero-order chi connectivity index (χ0) is 19.6. The molecule has 9 heteroatoms. The molecular weight excluding hydrogens is 406 g/mol. The third-order valence-corrected chi connectivity index (χ3v) is 6.14. The van der Waals surface area contributed by atoms with Crippen LogP contribution in [0.15, 0.2) is 57.7 Å². The molecule has 0 bridgehead atoms. The number of aromatic nitrogens is 1. The van der Waals surface area contributed by atoms with E-state index in [-0.39, 0.29) is 9.92 Å². The normalized spacial score (nSPS) is 12.4. The molecule has 0 aliphatic carbocycles. The zero-order valence-electron chi connectivity index (χ0n) is 14.7. The maximum Gasteiger partial charge on any atom is 0.239 e. The summed E-state index contributed by atoms with van der Waals surface area (Å²) in [6, 6.07) is 12.2. The standard InChI is InChI=1S/C18H18ClN3O3S2/c1-3-25-14-7-5-13(6-8-14)21-18-22(2)16(11-26-18)12-4-9-15(19)17(10-12)27(20,23)24/h4-11H,3H2,1-2H3,(H2,20,23,24). The lowest BCUT2D eigenvalue weighted by molar-refractivity contribution is 0.340. The molecule has 142 valence electrons. The van der Waals surface area contributed by atoms with Gasteiger partial charge in [0.2, 0.25) is 10.0 Å². The molecule has 2 aromatic carbocycles. The second kappa shape index (κ2) is 7.85. The average molecular weight is 424 g/mol. The highest BCUT2D eigenvalue weighted by Gasteiger charge is 2.15. The van der Waals surface area contributed by atoms with Crippen LogP contribution in [0.4, 0.5) is 5.69 Å². The van der Waals surface area contributed by atoms with Crippen LogP contribution in [-0.2, 0) is 17.1 Å². The van der Waals surface area contributed by atoms with Gasteiger partial charge in [0.1, 0.15) is 10.6 Å². The average Bonchev–Trinajstić information content (AvgIpc) is 2.97. The summed E-state index contributed by atoms with van der Waals surface area (Å²) in [6.07, 6.45) is 0. The number of rotatable bonds is 5. The lowest BCUT2D eigenvalue weighted by Gasteiger charge is -2.07. The van der Waals surface area contributed by atoms with Crippen LogP contribution in [0.2, 0.25) is 5.02 Å². The molecule has 2 N–H and O–H groups in total. The highest BCUT2D eigenvalue weighted by molar-refractivity contribution is 7.89. The molecule has 0 unspecified atom stereocenters. The van der Waals surface area contributed by atoms with Gasteiger partial charge in [-0.05, 0) is 43.3 Å². The van der Waals surface area contributed by atoms with E-state index in [1.165, 1.54) is 23.5 Å². The van der Waals surface area contributed by atoms with Crippen LogP contribution in [0.5, 0.6) is 5.75 Å². The lowest BCUT2D eigenvalue weighted by Crippen LogP contribution is -2.13. The summed E-state index contributed by atoms with van der Waals surface area (Å²) in [7, 11) is -2.04. The molecule has 27 heavy (non-hydrogen) atoms. The van der Waals surface area contributed by atoms with Gasteiger partial charge in [-0.2, -0.15) is 0 Å². The highest BCUT2D eigenvalue weighted by atomic mass is 35.5. The van der Waals surface area contributed by atoms with Crippen molar-refractivity contribution in [2.45, 2.75) is 11.8 Å². The summed E-state index contributed by atoms with van der Waals surface area (Å²) >= 11 is 7.41. The van der Waals surface area contributed by atoms with Crippen LogP contribution in [-0.4, -0.2) is 19.6 Å². The minimum absolute atomic E-state index is 0.0958. The van der Waals surface area contributed by atoms with Crippen LogP contribution >= 0.6 is 22.9 Å². The number of nitrogens with two attached hydrogens (primary N) is 1. The molecular formula is C18H18ClN3O3S2. The molecule has 1 heterocycles. The van der Waals surface area contributed by atoms with Gasteiger partial charge in [0.25, 0.3) is 0 Å². The third kappa shape index (κ3) is 4.41. The predicted octanol–water partition coefficient (Wildman–Crippen LogP) is 3.69. The molecule has 6 nitrogen and oxygen atoms in total. The van der Waals surface area contributed by atoms with Crippen molar-refractivity contribution in [2.24, 2.45) is 17.2 Å². The smallest absolute Gasteiger partial charge is 0.239 e. The number of hydrogen-bond donors (Lipinski definition) is 1. The molecule has 0 saturated heterocycles. The van der Waals surface area contributed by atoms with Crippen molar-refractivity contribution in [1.82, 2.24) is 4.57 Å². The summed E-state index contributed by atoms with van der Waals surface area (Å²) in [6.45, 7) is 2.55. The Hall–Kier alpha value is -2.13. The number of benzene rings is 2. The summed E-state index contributed by atoms with van der Waals surface area (Å²) in [4.78, 5) is 5.30. The van der Waals surface area contributed by atoms with Crippen molar-refractivity contribution in [3.63, 3.8) is 0 Å². The number of halogens is 1. The van der Waals surface area contributed by atoms with Gasteiger partial charge in [0.05, 0.1) is 23.0 Å². The summed E-state index contributed by atoms with van der Waals surface area (Å²) in [5.74, 6) is 0.796. The van der Waals surface area contributed by atoms with Crippen LogP contribution in [0.1, 0.15) is 6.92 Å². The molecule has 0 spiro atoms. The maximum absolute atomic E-state index is 11.7. The van der Waals surface area contributed by atoms with Crippen LogP contribution < -0.4 is 14.7 Å². The molecule has 0 aliphatic rings. The SMILES string of the molecule is CCOc1ccc(N=c2scc(-c3ccc(Cl)c(S(N)(=O)=O)c3)n2C)cc1. The second-order valence-electron chi connectivity index (χ2n) is 5.69. The van der Waals surface area contributed by atoms with Gasteiger partial charge in [-0.25, -0.2) is 18.5 Å². The number of nitrogens with zero attached hydrogens (tertiary/aromatic N) is 2. The van der Waals surface area contributed by atoms with Gasteiger partial charge >= 0.3 is 0 Å². The Morgan fingerprint density at radius 1 is 1.22 bits per heavy atom. The quantitative estimate of drug-likeness (QED) is 0.678. The van der Waals surface area contributed by atoms with Crippen LogP contribution in [0.3, 0.4) is 0 Å². The Morgan fingerprint density at radius 3 is 2.56 bits per heavy atom. The largest absolute Gasteiger partial charge is 0.494 e. The van der Waals surface area contributed by atoms with Gasteiger partial charge in [-0.3, -0.25) is 0 Å². The number of ether oxygens (including phenoxy) is 1.